The molecule has 1 amide bonds. The number of carbonyl (C=O) groups is 1. The van der Waals surface area contributed by atoms with Crippen LogP contribution in [0.3, 0.4) is 0 Å². The molecular weight excluding hydrogens is 324 g/mol. The van der Waals surface area contributed by atoms with Crippen molar-refractivity contribution in [3.63, 3.8) is 0 Å². The minimum Gasteiger partial charge on any atom is -0.497 e. The normalized spacial score (nSPS) is 17.8. The van der Waals surface area contributed by atoms with Gasteiger partial charge in [-0.25, -0.2) is 4.98 Å². The maximum absolute atomic E-state index is 12.3. The number of amides is 1. The summed E-state index contributed by atoms with van der Waals surface area (Å²) in [5.74, 6) is 2.64. The van der Waals surface area contributed by atoms with Crippen LogP contribution in [0.5, 0.6) is 5.75 Å². The van der Waals surface area contributed by atoms with Gasteiger partial charge in [0.1, 0.15) is 5.75 Å². The lowest BCUT2D eigenvalue weighted by molar-refractivity contribution is -0.130. The quantitative estimate of drug-likeness (QED) is 0.843. The minimum atomic E-state index is 0.169. The van der Waals surface area contributed by atoms with Gasteiger partial charge in [-0.1, -0.05) is 18.7 Å². The number of aromatic nitrogens is 3. The van der Waals surface area contributed by atoms with Crippen LogP contribution in [0.25, 0.3) is 11.4 Å². The fourth-order valence-electron chi connectivity index (χ4n) is 2.82. The first-order chi connectivity index (χ1) is 11.7. The third kappa shape index (κ3) is 4.08. The average molecular weight is 346 g/mol. The Hall–Kier alpha value is -2.02. The van der Waals surface area contributed by atoms with Gasteiger partial charge >= 0.3 is 0 Å². The van der Waals surface area contributed by atoms with E-state index < -0.39 is 0 Å². The molecule has 1 aliphatic heterocycles. The van der Waals surface area contributed by atoms with Crippen molar-refractivity contribution in [2.24, 2.45) is 5.92 Å². The number of nitrogens with zero attached hydrogens (tertiary/aromatic N) is 3. The maximum atomic E-state index is 12.3. The summed E-state index contributed by atoms with van der Waals surface area (Å²) in [6.45, 7) is 3.93. The van der Waals surface area contributed by atoms with E-state index in [9.17, 15) is 4.79 Å². The van der Waals surface area contributed by atoms with E-state index in [1.54, 1.807) is 7.11 Å². The van der Waals surface area contributed by atoms with Crippen LogP contribution >= 0.6 is 11.8 Å². The van der Waals surface area contributed by atoms with Gasteiger partial charge in [-0.2, -0.15) is 0 Å². The fraction of sp³-hybridized carbons (Fsp3) is 0.471. The predicted molar refractivity (Wildman–Crippen MR) is 94.1 cm³/mol. The minimum absolute atomic E-state index is 0.169. The molecule has 24 heavy (non-hydrogen) atoms. The Bertz CT molecular complexity index is 686. The van der Waals surface area contributed by atoms with Gasteiger partial charge in [0.05, 0.1) is 12.9 Å². The summed E-state index contributed by atoms with van der Waals surface area (Å²) in [6, 6.07) is 7.61. The van der Waals surface area contributed by atoms with Gasteiger partial charge in [-0.3, -0.25) is 9.89 Å². The van der Waals surface area contributed by atoms with Gasteiger partial charge in [-0.05, 0) is 43.0 Å². The van der Waals surface area contributed by atoms with Crippen molar-refractivity contribution in [3.8, 4) is 17.1 Å². The van der Waals surface area contributed by atoms with Crippen molar-refractivity contribution in [2.45, 2.75) is 24.9 Å². The van der Waals surface area contributed by atoms with Crippen LogP contribution in [-0.2, 0) is 4.79 Å². The van der Waals surface area contributed by atoms with Crippen molar-refractivity contribution < 1.29 is 9.53 Å². The third-order valence-corrected chi connectivity index (χ3v) is 4.99. The number of thioether (sulfide) groups is 1. The highest BCUT2D eigenvalue weighted by Crippen LogP contribution is 2.22. The van der Waals surface area contributed by atoms with Gasteiger partial charge in [0.2, 0.25) is 11.1 Å². The average Bonchev–Trinajstić information content (AvgIpc) is 3.09. The summed E-state index contributed by atoms with van der Waals surface area (Å²) in [4.78, 5) is 18.7. The number of nitrogens with one attached hydrogen (secondary N) is 1. The summed E-state index contributed by atoms with van der Waals surface area (Å²) < 4.78 is 5.15. The third-order valence-electron chi connectivity index (χ3n) is 4.16. The molecule has 1 atom stereocenters. The standard InChI is InChI=1S/C17H22N4O2S/c1-12-4-3-9-21(10-12)15(22)11-24-17-18-16(19-20-17)13-5-7-14(23-2)8-6-13/h5-8,12H,3-4,9-11H2,1-2H3,(H,18,19,20). The molecule has 0 spiro atoms. The van der Waals surface area contributed by atoms with Crippen LogP contribution in [0.1, 0.15) is 19.8 Å². The van der Waals surface area contributed by atoms with Crippen molar-refractivity contribution in [1.29, 1.82) is 0 Å². The first-order valence-corrected chi connectivity index (χ1v) is 9.11. The second-order valence-corrected chi connectivity index (χ2v) is 7.01. The van der Waals surface area contributed by atoms with E-state index >= 15 is 0 Å². The highest BCUT2D eigenvalue weighted by molar-refractivity contribution is 7.99. The second kappa shape index (κ2) is 7.70. The molecule has 0 radical (unpaired) electrons. The van der Waals surface area contributed by atoms with Crippen molar-refractivity contribution in [3.05, 3.63) is 24.3 Å². The molecule has 0 aliphatic carbocycles. The molecule has 128 valence electrons. The Labute approximate surface area is 146 Å². The topological polar surface area (TPSA) is 71.1 Å². The monoisotopic (exact) mass is 346 g/mol. The number of piperidine rings is 1. The fourth-order valence-corrected chi connectivity index (χ4v) is 3.52. The lowest BCUT2D eigenvalue weighted by atomic mass is 10.0. The number of methoxy groups -OCH3 is 1. The van der Waals surface area contributed by atoms with Crippen LogP contribution < -0.4 is 4.74 Å². The first kappa shape index (κ1) is 16.8. The number of hydrogen-bond acceptors (Lipinski definition) is 5. The summed E-state index contributed by atoms with van der Waals surface area (Å²) in [7, 11) is 1.64. The highest BCUT2D eigenvalue weighted by atomic mass is 32.2. The highest BCUT2D eigenvalue weighted by Gasteiger charge is 2.21. The Kier molecular flexibility index (Phi) is 5.40. The zero-order valence-corrected chi connectivity index (χ0v) is 14.8. The molecule has 1 unspecified atom stereocenters. The zero-order valence-electron chi connectivity index (χ0n) is 14.0. The molecule has 1 N–H and O–H groups in total. The Morgan fingerprint density at radius 2 is 2.21 bits per heavy atom. The number of H-pyrrole nitrogens is 1. The lowest BCUT2D eigenvalue weighted by Gasteiger charge is -2.30. The molecule has 0 bridgehead atoms. The van der Waals surface area contributed by atoms with E-state index in [0.717, 1.165) is 30.8 Å². The van der Waals surface area contributed by atoms with E-state index in [0.29, 0.717) is 22.7 Å². The van der Waals surface area contributed by atoms with Gasteiger partial charge < -0.3 is 9.64 Å². The molecule has 0 saturated carbocycles. The zero-order chi connectivity index (χ0) is 16.9. The van der Waals surface area contributed by atoms with Crippen molar-refractivity contribution in [1.82, 2.24) is 20.1 Å². The van der Waals surface area contributed by atoms with Gasteiger partial charge in [0.25, 0.3) is 0 Å². The Morgan fingerprint density at radius 1 is 1.42 bits per heavy atom. The largest absolute Gasteiger partial charge is 0.497 e. The van der Waals surface area contributed by atoms with Gasteiger partial charge in [0, 0.05) is 18.7 Å². The van der Waals surface area contributed by atoms with Crippen LogP contribution in [-0.4, -0.2) is 51.9 Å². The molecule has 6 nitrogen and oxygen atoms in total. The number of aromatic amines is 1. The van der Waals surface area contributed by atoms with E-state index in [4.69, 9.17) is 4.74 Å². The Morgan fingerprint density at radius 3 is 2.92 bits per heavy atom. The maximum Gasteiger partial charge on any atom is 0.233 e. The van der Waals surface area contributed by atoms with Gasteiger partial charge in [0.15, 0.2) is 5.82 Å². The Balaban J connectivity index is 1.56. The number of benzene rings is 1. The van der Waals surface area contributed by atoms with E-state index in [2.05, 4.69) is 22.1 Å². The summed E-state index contributed by atoms with van der Waals surface area (Å²) >= 11 is 1.38. The number of hydrogen-bond donors (Lipinski definition) is 1. The number of rotatable bonds is 5. The van der Waals surface area contributed by atoms with E-state index in [1.807, 2.05) is 29.2 Å². The first-order valence-electron chi connectivity index (χ1n) is 8.13. The van der Waals surface area contributed by atoms with E-state index in [1.165, 1.54) is 18.2 Å². The molecule has 1 fully saturated rings. The predicted octanol–water partition coefficient (Wildman–Crippen LogP) is 2.83. The number of carbonyl (C=O) groups excluding carboxylic acids is 1. The molecule has 2 aromatic rings. The van der Waals surface area contributed by atoms with Crippen molar-refractivity contribution in [2.75, 3.05) is 26.0 Å². The molecule has 1 aliphatic rings. The van der Waals surface area contributed by atoms with Crippen LogP contribution in [0, 0.1) is 5.92 Å². The SMILES string of the molecule is COc1ccc(-c2nc(SCC(=O)N3CCCC(C)C3)n[nH]2)cc1. The summed E-state index contributed by atoms with van der Waals surface area (Å²) in [5, 5.41) is 7.71. The van der Waals surface area contributed by atoms with Crippen LogP contribution in [0.4, 0.5) is 0 Å². The molecule has 2 heterocycles. The molecule has 1 saturated heterocycles. The summed E-state index contributed by atoms with van der Waals surface area (Å²) in [5.41, 5.74) is 0.936. The molecule has 3 rings (SSSR count). The van der Waals surface area contributed by atoms with Gasteiger partial charge in [-0.15, -0.1) is 5.10 Å². The molecular formula is C17H22N4O2S. The van der Waals surface area contributed by atoms with Crippen molar-refractivity contribution >= 4 is 17.7 Å². The second-order valence-electron chi connectivity index (χ2n) is 6.07. The molecule has 1 aromatic carbocycles. The smallest absolute Gasteiger partial charge is 0.233 e. The van der Waals surface area contributed by atoms with Crippen LogP contribution in [0.2, 0.25) is 0 Å². The summed E-state index contributed by atoms with van der Waals surface area (Å²) in [6.07, 6.45) is 2.31. The van der Waals surface area contributed by atoms with Crippen LogP contribution in [0.15, 0.2) is 29.4 Å². The molecule has 7 heteroatoms. The lowest BCUT2D eigenvalue weighted by Crippen LogP contribution is -2.40. The van der Waals surface area contributed by atoms with E-state index in [-0.39, 0.29) is 5.91 Å². The number of likely N-dealkylation sites (tertiary alicyclic amines) is 1. The number of ether oxygens (including phenoxy) is 1. The molecule has 1 aromatic heterocycles.